The summed E-state index contributed by atoms with van der Waals surface area (Å²) in [5.41, 5.74) is 0.864. The van der Waals surface area contributed by atoms with Crippen molar-refractivity contribution >= 4 is 28.9 Å². The van der Waals surface area contributed by atoms with E-state index in [-0.39, 0.29) is 17.6 Å². The van der Waals surface area contributed by atoms with E-state index < -0.39 is 0 Å². The van der Waals surface area contributed by atoms with Gasteiger partial charge in [-0.3, -0.25) is 19.3 Å². The molecule has 0 radical (unpaired) electrons. The van der Waals surface area contributed by atoms with Gasteiger partial charge in [-0.05, 0) is 23.9 Å². The summed E-state index contributed by atoms with van der Waals surface area (Å²) < 4.78 is 4.97. The van der Waals surface area contributed by atoms with E-state index in [0.717, 1.165) is 6.42 Å². The Balaban J connectivity index is 1.55. The van der Waals surface area contributed by atoms with Gasteiger partial charge in [-0.2, -0.15) is 0 Å². The minimum absolute atomic E-state index is 0.0160. The first-order valence-electron chi connectivity index (χ1n) is 10.0. The summed E-state index contributed by atoms with van der Waals surface area (Å²) in [7, 11) is 1.64. The average Bonchev–Trinajstić information content (AvgIpc) is 3.31. The molecule has 2 amide bonds. The zero-order chi connectivity index (χ0) is 21.3. The largest absolute Gasteiger partial charge is 0.385 e. The summed E-state index contributed by atoms with van der Waals surface area (Å²) in [5, 5.41) is 4.73. The molecule has 0 bridgehead atoms. The maximum Gasteiger partial charge on any atom is 0.254 e. The molecule has 8 heteroatoms. The molecule has 0 saturated carbocycles. The summed E-state index contributed by atoms with van der Waals surface area (Å²) in [4.78, 5) is 42.3. The number of rotatable bonds is 9. The number of carbonyl (C=O) groups is 3. The molecule has 1 fully saturated rings. The van der Waals surface area contributed by atoms with Crippen LogP contribution in [-0.4, -0.2) is 80.4 Å². The predicted molar refractivity (Wildman–Crippen MR) is 116 cm³/mol. The number of benzene rings is 1. The number of piperazine rings is 1. The zero-order valence-corrected chi connectivity index (χ0v) is 18.0. The lowest BCUT2D eigenvalue weighted by Crippen LogP contribution is -2.51. The molecule has 1 aliphatic rings. The molecule has 1 aromatic carbocycles. The molecular formula is C22H27N3O4S. The van der Waals surface area contributed by atoms with Gasteiger partial charge in [0.15, 0.2) is 0 Å². The van der Waals surface area contributed by atoms with Crippen LogP contribution in [0.25, 0.3) is 0 Å². The van der Waals surface area contributed by atoms with Crippen LogP contribution in [0.3, 0.4) is 0 Å². The third kappa shape index (κ3) is 5.75. The average molecular weight is 430 g/mol. The first-order chi connectivity index (χ1) is 14.6. The summed E-state index contributed by atoms with van der Waals surface area (Å²) in [6, 6.07) is 10.6. The molecule has 0 atom stereocenters. The molecule has 1 aliphatic heterocycles. The number of methoxy groups -OCH3 is 1. The van der Waals surface area contributed by atoms with E-state index in [1.165, 1.54) is 11.3 Å². The van der Waals surface area contributed by atoms with Gasteiger partial charge in [0.05, 0.1) is 17.0 Å². The van der Waals surface area contributed by atoms with Gasteiger partial charge in [0.1, 0.15) is 0 Å². The van der Waals surface area contributed by atoms with Gasteiger partial charge in [-0.1, -0.05) is 24.3 Å². The van der Waals surface area contributed by atoms with Crippen LogP contribution in [0.1, 0.15) is 32.0 Å². The fourth-order valence-electron chi connectivity index (χ4n) is 3.39. The standard InChI is InChI=1S/C22H27N3O4S/c1-29-14-5-9-23-20(26)16-24-10-12-25(13-11-24)22(28)18-7-3-2-6-17(18)21(27)19-8-4-15-30-19/h2-4,6-8,15H,5,9-14,16H2,1H3,(H,23,26). The number of thiophene rings is 1. The molecule has 0 unspecified atom stereocenters. The monoisotopic (exact) mass is 429 g/mol. The predicted octanol–water partition coefficient (Wildman–Crippen LogP) is 1.89. The van der Waals surface area contributed by atoms with E-state index in [4.69, 9.17) is 4.74 Å². The maximum absolute atomic E-state index is 13.1. The molecule has 2 aromatic rings. The van der Waals surface area contributed by atoms with E-state index in [1.54, 1.807) is 42.3 Å². The van der Waals surface area contributed by atoms with Crippen LogP contribution in [0.15, 0.2) is 41.8 Å². The van der Waals surface area contributed by atoms with Gasteiger partial charge in [0, 0.05) is 52.0 Å². The quantitative estimate of drug-likeness (QED) is 0.487. The Bertz CT molecular complexity index is 861. The van der Waals surface area contributed by atoms with Crippen molar-refractivity contribution in [2.75, 3.05) is 53.0 Å². The Morgan fingerprint density at radius 1 is 1.03 bits per heavy atom. The normalized spacial score (nSPS) is 14.5. The van der Waals surface area contributed by atoms with Crippen LogP contribution in [0, 0.1) is 0 Å². The minimum Gasteiger partial charge on any atom is -0.385 e. The molecule has 160 valence electrons. The lowest BCUT2D eigenvalue weighted by atomic mass is 10.0. The number of amides is 2. The Kier molecular flexibility index (Phi) is 8.12. The molecule has 1 aromatic heterocycles. The summed E-state index contributed by atoms with van der Waals surface area (Å²) in [6.45, 7) is 3.84. The second-order valence-corrected chi connectivity index (χ2v) is 8.06. The highest BCUT2D eigenvalue weighted by molar-refractivity contribution is 7.12. The lowest BCUT2D eigenvalue weighted by Gasteiger charge is -2.34. The van der Waals surface area contributed by atoms with Crippen molar-refractivity contribution < 1.29 is 19.1 Å². The van der Waals surface area contributed by atoms with Gasteiger partial charge in [-0.15, -0.1) is 11.3 Å². The second-order valence-electron chi connectivity index (χ2n) is 7.12. The number of nitrogens with zero attached hydrogens (tertiary/aromatic N) is 2. The molecule has 0 spiro atoms. The molecule has 2 heterocycles. The van der Waals surface area contributed by atoms with Crippen molar-refractivity contribution in [3.63, 3.8) is 0 Å². The number of hydrogen-bond donors (Lipinski definition) is 1. The first kappa shape index (κ1) is 22.1. The smallest absolute Gasteiger partial charge is 0.254 e. The van der Waals surface area contributed by atoms with E-state index in [0.29, 0.717) is 61.9 Å². The van der Waals surface area contributed by atoms with Gasteiger partial charge in [-0.25, -0.2) is 0 Å². The van der Waals surface area contributed by atoms with E-state index in [2.05, 4.69) is 5.32 Å². The van der Waals surface area contributed by atoms with Crippen molar-refractivity contribution in [2.45, 2.75) is 6.42 Å². The molecule has 30 heavy (non-hydrogen) atoms. The summed E-state index contributed by atoms with van der Waals surface area (Å²) in [5.74, 6) is -0.283. The third-order valence-corrected chi connectivity index (χ3v) is 5.89. The minimum atomic E-state index is -0.140. The van der Waals surface area contributed by atoms with Crippen molar-refractivity contribution in [3.8, 4) is 0 Å². The Morgan fingerprint density at radius 3 is 2.43 bits per heavy atom. The van der Waals surface area contributed by atoms with Crippen LogP contribution in [-0.2, 0) is 9.53 Å². The van der Waals surface area contributed by atoms with Crippen molar-refractivity contribution in [1.29, 1.82) is 0 Å². The van der Waals surface area contributed by atoms with Gasteiger partial charge < -0.3 is 15.0 Å². The van der Waals surface area contributed by atoms with Crippen LogP contribution in [0.4, 0.5) is 0 Å². The topological polar surface area (TPSA) is 79.0 Å². The molecule has 7 nitrogen and oxygen atoms in total. The first-order valence-corrected chi connectivity index (χ1v) is 10.9. The molecule has 3 rings (SSSR count). The van der Waals surface area contributed by atoms with Gasteiger partial charge in [0.25, 0.3) is 5.91 Å². The summed E-state index contributed by atoms with van der Waals surface area (Å²) in [6.07, 6.45) is 0.786. The van der Waals surface area contributed by atoms with Crippen LogP contribution in [0.2, 0.25) is 0 Å². The fourth-order valence-corrected chi connectivity index (χ4v) is 4.07. The number of nitrogens with one attached hydrogen (secondary N) is 1. The molecule has 0 aliphatic carbocycles. The van der Waals surface area contributed by atoms with Gasteiger partial charge in [0.2, 0.25) is 11.7 Å². The van der Waals surface area contributed by atoms with E-state index in [9.17, 15) is 14.4 Å². The highest BCUT2D eigenvalue weighted by atomic mass is 32.1. The highest BCUT2D eigenvalue weighted by Gasteiger charge is 2.26. The fraction of sp³-hybridized carbons (Fsp3) is 0.409. The lowest BCUT2D eigenvalue weighted by molar-refractivity contribution is -0.122. The second kappa shape index (κ2) is 11.0. The SMILES string of the molecule is COCCCNC(=O)CN1CCN(C(=O)c2ccccc2C(=O)c2cccs2)CC1. The number of ketones is 1. The van der Waals surface area contributed by atoms with Crippen LogP contribution < -0.4 is 5.32 Å². The van der Waals surface area contributed by atoms with Crippen LogP contribution >= 0.6 is 11.3 Å². The number of ether oxygens (including phenoxy) is 1. The zero-order valence-electron chi connectivity index (χ0n) is 17.1. The molecule has 1 saturated heterocycles. The Labute approximate surface area is 180 Å². The van der Waals surface area contributed by atoms with Crippen molar-refractivity contribution in [1.82, 2.24) is 15.1 Å². The van der Waals surface area contributed by atoms with Crippen LogP contribution in [0.5, 0.6) is 0 Å². The number of carbonyl (C=O) groups excluding carboxylic acids is 3. The highest BCUT2D eigenvalue weighted by Crippen LogP contribution is 2.20. The van der Waals surface area contributed by atoms with Crippen molar-refractivity contribution in [2.24, 2.45) is 0 Å². The summed E-state index contributed by atoms with van der Waals surface area (Å²) >= 11 is 1.37. The third-order valence-electron chi connectivity index (χ3n) is 5.02. The van der Waals surface area contributed by atoms with Gasteiger partial charge >= 0.3 is 0 Å². The van der Waals surface area contributed by atoms with E-state index >= 15 is 0 Å². The molecular weight excluding hydrogens is 402 g/mol. The Hall–Kier alpha value is -2.55. The maximum atomic E-state index is 13.1. The number of hydrogen-bond acceptors (Lipinski definition) is 6. The van der Waals surface area contributed by atoms with Crippen molar-refractivity contribution in [3.05, 3.63) is 57.8 Å². The molecule has 1 N–H and O–H groups in total. The Morgan fingerprint density at radius 2 is 1.77 bits per heavy atom. The van der Waals surface area contributed by atoms with E-state index in [1.807, 2.05) is 16.3 Å².